The molecule has 27 heavy (non-hydrogen) atoms. The first-order valence-corrected chi connectivity index (χ1v) is 11.1. The second-order valence-electron chi connectivity index (χ2n) is 10.6. The Morgan fingerprint density at radius 3 is 2.56 bits per heavy atom. The highest BCUT2D eigenvalue weighted by molar-refractivity contribution is 5.65. The molecular formula is C23H35NO3. The van der Waals surface area contributed by atoms with Gasteiger partial charge in [0, 0.05) is 29.7 Å². The Morgan fingerprint density at radius 1 is 1.00 bits per heavy atom. The molecule has 0 spiro atoms. The minimum absolute atomic E-state index is 0.142. The van der Waals surface area contributed by atoms with Gasteiger partial charge in [-0.25, -0.2) is 0 Å². The monoisotopic (exact) mass is 373 g/mol. The molecule has 4 nitrogen and oxygen atoms in total. The summed E-state index contributed by atoms with van der Waals surface area (Å²) in [7, 11) is 0. The topological polar surface area (TPSA) is 73.0 Å². The molecule has 4 heteroatoms. The highest BCUT2D eigenvalue weighted by Crippen LogP contribution is 2.69. The van der Waals surface area contributed by atoms with Gasteiger partial charge in [0.2, 0.25) is 0 Å². The van der Waals surface area contributed by atoms with Crippen molar-refractivity contribution < 1.29 is 15.3 Å². The third kappa shape index (κ3) is 2.24. The number of rotatable bonds is 1. The van der Waals surface area contributed by atoms with Crippen molar-refractivity contribution in [2.24, 2.45) is 39.5 Å². The highest BCUT2D eigenvalue weighted by Gasteiger charge is 2.70. The Kier molecular flexibility index (Phi) is 4.00. The van der Waals surface area contributed by atoms with Crippen LogP contribution in [-0.4, -0.2) is 39.3 Å². The first kappa shape index (κ1) is 18.3. The van der Waals surface area contributed by atoms with Crippen LogP contribution in [-0.2, 0) is 0 Å². The van der Waals surface area contributed by atoms with Crippen molar-refractivity contribution in [3.8, 4) is 0 Å². The minimum atomic E-state index is -0.803. The van der Waals surface area contributed by atoms with Gasteiger partial charge in [0.25, 0.3) is 0 Å². The van der Waals surface area contributed by atoms with Crippen LogP contribution in [0.4, 0.5) is 0 Å². The first-order valence-electron chi connectivity index (χ1n) is 11.1. The van der Waals surface area contributed by atoms with E-state index in [4.69, 9.17) is 0 Å². The van der Waals surface area contributed by atoms with Crippen LogP contribution in [0.15, 0.2) is 16.8 Å². The van der Waals surface area contributed by atoms with Crippen molar-refractivity contribution in [3.63, 3.8) is 0 Å². The van der Waals surface area contributed by atoms with Crippen LogP contribution in [0.2, 0.25) is 0 Å². The zero-order valence-corrected chi connectivity index (χ0v) is 16.8. The zero-order chi connectivity index (χ0) is 19.0. The number of nitrogens with zero attached hydrogens (tertiary/aromatic N) is 1. The van der Waals surface area contributed by atoms with Crippen LogP contribution in [0.25, 0.3) is 0 Å². The number of aliphatic hydroxyl groups is 3. The van der Waals surface area contributed by atoms with Crippen LogP contribution in [0.5, 0.6) is 0 Å². The molecule has 4 saturated carbocycles. The molecule has 0 radical (unpaired) electrons. The molecule has 0 aromatic carbocycles. The lowest BCUT2D eigenvalue weighted by molar-refractivity contribution is -0.244. The molecule has 0 saturated heterocycles. The minimum Gasteiger partial charge on any atom is -0.393 e. The summed E-state index contributed by atoms with van der Waals surface area (Å²) in [4.78, 5) is 4.60. The Bertz CT molecular complexity index is 689. The molecule has 0 amide bonds. The summed E-state index contributed by atoms with van der Waals surface area (Å²) in [6.07, 6.45) is 11.8. The largest absolute Gasteiger partial charge is 0.393 e. The average Bonchev–Trinajstić information content (AvgIpc) is 3.24. The van der Waals surface area contributed by atoms with Gasteiger partial charge in [-0.3, -0.25) is 4.99 Å². The summed E-state index contributed by atoms with van der Waals surface area (Å²) < 4.78 is 0. The van der Waals surface area contributed by atoms with Gasteiger partial charge in [-0.15, -0.1) is 0 Å². The van der Waals surface area contributed by atoms with E-state index in [0.29, 0.717) is 11.8 Å². The van der Waals surface area contributed by atoms with Crippen LogP contribution in [0.3, 0.4) is 0 Å². The molecule has 4 aliphatic carbocycles. The Morgan fingerprint density at radius 2 is 1.81 bits per heavy atom. The Hall–Kier alpha value is -0.710. The van der Waals surface area contributed by atoms with E-state index in [1.54, 1.807) is 0 Å². The van der Waals surface area contributed by atoms with Gasteiger partial charge in [-0.05, 0) is 74.5 Å². The van der Waals surface area contributed by atoms with E-state index in [9.17, 15) is 15.3 Å². The number of fused-ring (bicyclic) bond motifs is 5. The Labute approximate surface area is 162 Å². The fraction of sp³-hybridized carbons (Fsp3) is 0.870. The SMILES string of the molecule is C[C@]12[C@H](O)CC3C(CC[C@@H]4C[C@@H](O)CC[C@]34C)[C@@]1(O)CC[C@@H]2C1=CCC=N1. The smallest absolute Gasteiger partial charge is 0.0763 e. The lowest BCUT2D eigenvalue weighted by Gasteiger charge is -2.64. The van der Waals surface area contributed by atoms with E-state index >= 15 is 0 Å². The molecule has 1 aliphatic heterocycles. The van der Waals surface area contributed by atoms with Crippen LogP contribution in [0, 0.1) is 34.5 Å². The highest BCUT2D eigenvalue weighted by atomic mass is 16.3. The molecule has 0 aromatic heterocycles. The maximum atomic E-state index is 12.1. The lowest BCUT2D eigenvalue weighted by Crippen LogP contribution is -2.66. The molecule has 4 fully saturated rings. The molecule has 9 atom stereocenters. The summed E-state index contributed by atoms with van der Waals surface area (Å²) in [5, 5.41) is 33.8. The molecule has 150 valence electrons. The quantitative estimate of drug-likeness (QED) is 0.659. The van der Waals surface area contributed by atoms with Crippen molar-refractivity contribution in [1.29, 1.82) is 0 Å². The van der Waals surface area contributed by atoms with Gasteiger partial charge in [0.05, 0.1) is 17.8 Å². The van der Waals surface area contributed by atoms with Crippen molar-refractivity contribution in [1.82, 2.24) is 0 Å². The fourth-order valence-corrected chi connectivity index (χ4v) is 8.28. The van der Waals surface area contributed by atoms with E-state index in [2.05, 4.69) is 24.9 Å². The zero-order valence-electron chi connectivity index (χ0n) is 16.8. The number of aliphatic imine (C=N–C) groups is 1. The van der Waals surface area contributed by atoms with Crippen molar-refractivity contribution in [2.75, 3.05) is 0 Å². The van der Waals surface area contributed by atoms with Crippen molar-refractivity contribution in [2.45, 2.75) is 89.4 Å². The van der Waals surface area contributed by atoms with Gasteiger partial charge in [-0.1, -0.05) is 19.9 Å². The van der Waals surface area contributed by atoms with Crippen molar-refractivity contribution in [3.05, 3.63) is 11.8 Å². The average molecular weight is 374 g/mol. The number of allylic oxidation sites excluding steroid dienone is 2. The molecule has 1 heterocycles. The van der Waals surface area contributed by atoms with Crippen molar-refractivity contribution >= 4 is 6.21 Å². The maximum Gasteiger partial charge on any atom is 0.0763 e. The van der Waals surface area contributed by atoms with E-state index in [0.717, 1.165) is 63.5 Å². The summed E-state index contributed by atoms with van der Waals surface area (Å²) in [6, 6.07) is 0. The first-order chi connectivity index (χ1) is 12.8. The van der Waals surface area contributed by atoms with E-state index < -0.39 is 17.1 Å². The molecule has 5 rings (SSSR count). The van der Waals surface area contributed by atoms with Crippen LogP contribution >= 0.6 is 0 Å². The molecular weight excluding hydrogens is 338 g/mol. The fourth-order valence-electron chi connectivity index (χ4n) is 8.28. The van der Waals surface area contributed by atoms with E-state index in [-0.39, 0.29) is 23.4 Å². The van der Waals surface area contributed by atoms with Gasteiger partial charge in [-0.2, -0.15) is 0 Å². The molecule has 3 N–H and O–H groups in total. The molecule has 5 aliphatic rings. The number of hydrogen-bond acceptors (Lipinski definition) is 4. The normalized spacial score (nSPS) is 57.0. The number of aliphatic hydroxyl groups excluding tert-OH is 2. The van der Waals surface area contributed by atoms with Crippen LogP contribution in [0.1, 0.15) is 71.6 Å². The summed E-state index contributed by atoms with van der Waals surface area (Å²) >= 11 is 0. The predicted octanol–water partition coefficient (Wildman–Crippen LogP) is 3.45. The van der Waals surface area contributed by atoms with Gasteiger partial charge in [0.15, 0.2) is 0 Å². The number of hydrogen-bond donors (Lipinski definition) is 3. The second kappa shape index (κ2) is 5.90. The molecule has 0 aromatic rings. The third-order valence-electron chi connectivity index (χ3n) is 9.95. The standard InChI is InChI=1S/C23H35NO3/c1-21-9-7-15(25)12-14(21)5-6-16-18(21)13-20(26)22(2)17(8-10-23(16,22)27)19-4-3-11-24-19/h4,11,14-18,20,25-27H,3,5-10,12-13H2,1-2H3/t14-,15+,16?,17-,18?,20-,21+,22+,23+/m1/s1. The summed E-state index contributed by atoms with van der Waals surface area (Å²) in [5.41, 5.74) is -0.0721. The van der Waals surface area contributed by atoms with Gasteiger partial charge >= 0.3 is 0 Å². The second-order valence-corrected chi connectivity index (χ2v) is 10.6. The Balaban J connectivity index is 1.52. The van der Waals surface area contributed by atoms with E-state index in [1.807, 2.05) is 6.21 Å². The van der Waals surface area contributed by atoms with Gasteiger partial charge in [0.1, 0.15) is 0 Å². The lowest BCUT2D eigenvalue weighted by atomic mass is 9.42. The van der Waals surface area contributed by atoms with Gasteiger partial charge < -0.3 is 15.3 Å². The van der Waals surface area contributed by atoms with E-state index in [1.165, 1.54) is 0 Å². The molecule has 0 bridgehead atoms. The third-order valence-corrected chi connectivity index (χ3v) is 9.95. The molecule has 2 unspecified atom stereocenters. The summed E-state index contributed by atoms with van der Waals surface area (Å²) in [6.45, 7) is 4.52. The summed E-state index contributed by atoms with van der Waals surface area (Å²) in [5.74, 6) is 1.31. The predicted molar refractivity (Wildman–Crippen MR) is 105 cm³/mol. The van der Waals surface area contributed by atoms with Crippen LogP contribution < -0.4 is 0 Å². The maximum absolute atomic E-state index is 12.1.